The molecule has 0 amide bonds. The zero-order chi connectivity index (χ0) is 16.2. The summed E-state index contributed by atoms with van der Waals surface area (Å²) in [6.45, 7) is 0.319. The molecule has 0 radical (unpaired) electrons. The fourth-order valence-electron chi connectivity index (χ4n) is 2.49. The minimum absolute atomic E-state index is 0. The topological polar surface area (TPSA) is 68.4 Å². The third-order valence-electron chi connectivity index (χ3n) is 3.45. The first-order chi connectivity index (χ1) is 11.2. The second-order valence-corrected chi connectivity index (χ2v) is 5.50. The predicted molar refractivity (Wildman–Crippen MR) is 96.3 cm³/mol. The number of fused-ring (bicyclic) bond motifs is 1. The van der Waals surface area contributed by atoms with Crippen molar-refractivity contribution in [2.45, 2.75) is 0 Å². The maximum absolute atomic E-state index is 10.6. The van der Waals surface area contributed by atoms with Crippen LogP contribution in [0.5, 0.6) is 0 Å². The van der Waals surface area contributed by atoms with Crippen LogP contribution in [-0.2, 0) is 0 Å². The average molecular weight is 366 g/mol. The molecule has 1 aliphatic heterocycles. The van der Waals surface area contributed by atoms with Crippen molar-refractivity contribution in [3.63, 3.8) is 0 Å². The van der Waals surface area contributed by atoms with Gasteiger partial charge in [-0.25, -0.2) is 10.1 Å². The average Bonchev–Trinajstić information content (AvgIpc) is 2.69. The van der Waals surface area contributed by atoms with E-state index in [1.165, 1.54) is 0 Å². The summed E-state index contributed by atoms with van der Waals surface area (Å²) in [5.74, 6) is 0.455. The molecule has 24 heavy (non-hydrogen) atoms. The fourth-order valence-corrected chi connectivity index (χ4v) is 2.66. The zero-order valence-electron chi connectivity index (χ0n) is 12.8. The Hall–Kier alpha value is -1.92. The van der Waals surface area contributed by atoms with Gasteiger partial charge in [0.1, 0.15) is 12.4 Å². The Bertz CT molecular complexity index is 854. The van der Waals surface area contributed by atoms with Crippen molar-refractivity contribution in [3.05, 3.63) is 69.7 Å². The van der Waals surface area contributed by atoms with Gasteiger partial charge in [-0.2, -0.15) is 0 Å². The van der Waals surface area contributed by atoms with Gasteiger partial charge in [0.15, 0.2) is 0 Å². The Balaban J connectivity index is 0.00000208. The van der Waals surface area contributed by atoms with Gasteiger partial charge in [-0.05, 0) is 18.2 Å². The van der Waals surface area contributed by atoms with Crippen molar-refractivity contribution in [2.75, 3.05) is 19.7 Å². The lowest BCUT2D eigenvalue weighted by atomic mass is 10.1. The van der Waals surface area contributed by atoms with Gasteiger partial charge in [-0.1, -0.05) is 41.9 Å². The van der Waals surface area contributed by atoms with E-state index in [2.05, 4.69) is 9.98 Å². The van der Waals surface area contributed by atoms with Crippen molar-refractivity contribution >= 4 is 35.5 Å². The normalized spacial score (nSPS) is 15.4. The van der Waals surface area contributed by atoms with Crippen LogP contribution in [0.3, 0.4) is 0 Å². The molecule has 3 rings (SSSR count). The Labute approximate surface area is 150 Å². The van der Waals surface area contributed by atoms with Crippen LogP contribution < -0.4 is 10.6 Å². The van der Waals surface area contributed by atoms with Gasteiger partial charge in [0.2, 0.25) is 0 Å². The molecular weight excluding hydrogens is 349 g/mol. The van der Waals surface area contributed by atoms with Gasteiger partial charge < -0.3 is 5.11 Å². The van der Waals surface area contributed by atoms with Crippen LogP contribution in [0.1, 0.15) is 5.56 Å². The van der Waals surface area contributed by atoms with Gasteiger partial charge in [-0.3, -0.25) is 10.2 Å². The van der Waals surface area contributed by atoms with E-state index in [9.17, 15) is 5.21 Å². The summed E-state index contributed by atoms with van der Waals surface area (Å²) < 4.78 is 0. The number of nitrogens with zero attached hydrogens (tertiary/aromatic N) is 3. The quantitative estimate of drug-likeness (QED) is 0.868. The van der Waals surface area contributed by atoms with Crippen molar-refractivity contribution in [2.24, 2.45) is 9.98 Å². The molecule has 5 nitrogen and oxygen atoms in total. The lowest BCUT2D eigenvalue weighted by Crippen LogP contribution is -2.31. The van der Waals surface area contributed by atoms with Gasteiger partial charge in [0.25, 0.3) is 0 Å². The van der Waals surface area contributed by atoms with E-state index in [1.807, 2.05) is 30.3 Å². The van der Waals surface area contributed by atoms with Gasteiger partial charge in [0, 0.05) is 15.8 Å². The van der Waals surface area contributed by atoms with Crippen LogP contribution in [0.25, 0.3) is 5.70 Å². The molecule has 1 heterocycles. The summed E-state index contributed by atoms with van der Waals surface area (Å²) in [7, 11) is 0. The van der Waals surface area contributed by atoms with E-state index in [1.54, 1.807) is 18.2 Å². The molecule has 0 saturated heterocycles. The summed E-state index contributed by atoms with van der Waals surface area (Å²) >= 11 is 6.13. The third kappa shape index (κ3) is 3.94. The van der Waals surface area contributed by atoms with E-state index in [-0.39, 0.29) is 32.1 Å². The number of aliphatic imine (C=N–C) groups is 1. The summed E-state index contributed by atoms with van der Waals surface area (Å²) in [5.41, 5.74) is 1.48. The first-order valence-corrected chi connectivity index (χ1v) is 7.61. The van der Waals surface area contributed by atoms with Crippen LogP contribution in [-0.4, -0.2) is 40.9 Å². The standard InChI is InChI=1S/C17H16ClN3O2.ClH/c18-13-6-7-15-14(10-13)17(12-4-2-1-3-5-12)21(23)11-16(20-15)19-8-9-22;/h1-7,10,22-23H,8-9,11H2;1H. The number of benzene rings is 2. The molecule has 0 spiro atoms. The Morgan fingerprint density at radius 1 is 1.17 bits per heavy atom. The third-order valence-corrected chi connectivity index (χ3v) is 3.69. The maximum Gasteiger partial charge on any atom is 0.146 e. The Morgan fingerprint density at radius 2 is 1.92 bits per heavy atom. The van der Waals surface area contributed by atoms with Crippen LogP contribution in [0.4, 0.5) is 0 Å². The molecule has 126 valence electrons. The number of hydrogen-bond donors (Lipinski definition) is 2. The largest absolute Gasteiger partial charge is 0.394 e. The van der Waals surface area contributed by atoms with E-state index in [0.717, 1.165) is 15.8 Å². The fraction of sp³-hybridized carbons (Fsp3) is 0.176. The number of aliphatic hydroxyl groups excluding tert-OH is 1. The number of hydrogen-bond acceptors (Lipinski definition) is 4. The Kier molecular flexibility index (Phi) is 6.34. The van der Waals surface area contributed by atoms with E-state index >= 15 is 0 Å². The second kappa shape index (κ2) is 8.26. The van der Waals surface area contributed by atoms with Crippen LogP contribution in [0.2, 0.25) is 5.02 Å². The highest BCUT2D eigenvalue weighted by molar-refractivity contribution is 6.30. The molecule has 2 N–H and O–H groups in total. The highest BCUT2D eigenvalue weighted by Crippen LogP contribution is 2.15. The van der Waals surface area contributed by atoms with Crippen LogP contribution >= 0.6 is 24.0 Å². The number of hydroxylamine groups is 2. The molecule has 1 aliphatic rings. The lowest BCUT2D eigenvalue weighted by Gasteiger charge is -2.19. The Morgan fingerprint density at radius 3 is 2.62 bits per heavy atom. The molecule has 0 aliphatic carbocycles. The van der Waals surface area contributed by atoms with Crippen molar-refractivity contribution in [1.29, 1.82) is 0 Å². The molecule has 0 aromatic heterocycles. The van der Waals surface area contributed by atoms with Crippen molar-refractivity contribution in [3.8, 4) is 0 Å². The maximum atomic E-state index is 10.6. The number of halogens is 2. The number of amidine groups is 1. The summed E-state index contributed by atoms with van der Waals surface area (Å²) in [5, 5.41) is 22.6. The predicted octanol–water partition coefficient (Wildman–Crippen LogP) is 1.63. The molecule has 0 atom stereocenters. The number of aliphatic hydroxyl groups is 1. The van der Waals surface area contributed by atoms with E-state index in [0.29, 0.717) is 21.9 Å². The second-order valence-electron chi connectivity index (χ2n) is 5.07. The van der Waals surface area contributed by atoms with Crippen LogP contribution in [0.15, 0.2) is 58.5 Å². The minimum atomic E-state index is -0.0623. The zero-order valence-corrected chi connectivity index (χ0v) is 14.3. The smallest absolute Gasteiger partial charge is 0.146 e. The highest BCUT2D eigenvalue weighted by Gasteiger charge is 2.17. The highest BCUT2D eigenvalue weighted by atomic mass is 35.5. The minimum Gasteiger partial charge on any atom is -0.394 e. The summed E-state index contributed by atoms with van der Waals surface area (Å²) in [4.78, 5) is 8.72. The van der Waals surface area contributed by atoms with E-state index < -0.39 is 0 Å². The molecular formula is C17H17Cl2N3O2. The molecule has 7 heteroatoms. The summed E-state index contributed by atoms with van der Waals surface area (Å²) in [6, 6.07) is 14.9. The molecule has 2 aromatic carbocycles. The SMILES string of the molecule is Cl.OCCN=C1CN(O)C(c2ccccc2)=c2cc(Cl)ccc2=N1. The monoisotopic (exact) mass is 365 g/mol. The van der Waals surface area contributed by atoms with E-state index in [4.69, 9.17) is 16.7 Å². The molecule has 0 saturated carbocycles. The number of rotatable bonds is 3. The summed E-state index contributed by atoms with van der Waals surface area (Å²) in [6.07, 6.45) is 0. The first-order valence-electron chi connectivity index (χ1n) is 7.23. The van der Waals surface area contributed by atoms with Gasteiger partial charge in [-0.15, -0.1) is 12.4 Å². The van der Waals surface area contributed by atoms with Gasteiger partial charge >= 0.3 is 0 Å². The molecule has 0 fully saturated rings. The van der Waals surface area contributed by atoms with Crippen LogP contribution in [0, 0.1) is 0 Å². The molecule has 2 aromatic rings. The van der Waals surface area contributed by atoms with Crippen molar-refractivity contribution in [1.82, 2.24) is 5.06 Å². The van der Waals surface area contributed by atoms with Crippen molar-refractivity contribution < 1.29 is 10.3 Å². The lowest BCUT2D eigenvalue weighted by molar-refractivity contribution is -0.0120. The van der Waals surface area contributed by atoms with Gasteiger partial charge in [0.05, 0.1) is 24.2 Å². The molecule has 0 bridgehead atoms. The molecule has 0 unspecified atom stereocenters. The first kappa shape index (κ1) is 18.4.